The average Bonchev–Trinajstić information content (AvgIpc) is 3.07. The molecule has 0 spiro atoms. The predicted molar refractivity (Wildman–Crippen MR) is 175 cm³/mol. The molecule has 0 bridgehead atoms. The third-order valence-electron chi connectivity index (χ3n) is 8.57. The van der Waals surface area contributed by atoms with Crippen LogP contribution in [0.3, 0.4) is 0 Å². The molecular formula is C38H37NO4. The van der Waals surface area contributed by atoms with Gasteiger partial charge in [-0.05, 0) is 118 Å². The van der Waals surface area contributed by atoms with Gasteiger partial charge in [0, 0.05) is 17.8 Å². The quantitative estimate of drug-likeness (QED) is 0.187. The van der Waals surface area contributed by atoms with Crippen LogP contribution in [0.25, 0.3) is 32.3 Å². The Morgan fingerprint density at radius 3 is 2.19 bits per heavy atom. The predicted octanol–water partition coefficient (Wildman–Crippen LogP) is 8.92. The number of benzene rings is 5. The second kappa shape index (κ2) is 12.6. The summed E-state index contributed by atoms with van der Waals surface area (Å²) >= 11 is 0. The summed E-state index contributed by atoms with van der Waals surface area (Å²) in [6.07, 6.45) is 7.99. The standard InChI is InChI=1S/C29H30O4.C9H7N/c1-30-21-8-10-24-19(15-21)17-28(33-4)29-25-7-5-6-18(23(25)11-12-26(24)29)14-20-16-22(31-2)9-13-27(20)32-3;1-2-4-9-7-10-6-5-8(9)3-1/h8-13,15-18H,5-7,14H2,1-4H3;1-7H. The number of pyridine rings is 1. The summed E-state index contributed by atoms with van der Waals surface area (Å²) in [6.45, 7) is 0. The molecule has 0 fully saturated rings. The maximum atomic E-state index is 5.92. The van der Waals surface area contributed by atoms with Gasteiger partial charge in [0.1, 0.15) is 23.0 Å². The van der Waals surface area contributed by atoms with Crippen molar-refractivity contribution in [1.82, 2.24) is 4.98 Å². The summed E-state index contributed by atoms with van der Waals surface area (Å²) in [5, 5.41) is 7.29. The molecule has 1 heterocycles. The maximum Gasteiger partial charge on any atom is 0.127 e. The van der Waals surface area contributed by atoms with Gasteiger partial charge in [0.25, 0.3) is 0 Å². The number of ether oxygens (including phenoxy) is 4. The van der Waals surface area contributed by atoms with E-state index in [2.05, 4.69) is 53.5 Å². The Balaban J connectivity index is 0.000000277. The molecule has 0 radical (unpaired) electrons. The third kappa shape index (κ3) is 5.68. The van der Waals surface area contributed by atoms with E-state index < -0.39 is 0 Å². The van der Waals surface area contributed by atoms with Crippen LogP contribution in [0.5, 0.6) is 23.0 Å². The molecule has 1 aliphatic carbocycles. The highest BCUT2D eigenvalue weighted by Gasteiger charge is 2.25. The van der Waals surface area contributed by atoms with Crippen LogP contribution in [0.4, 0.5) is 0 Å². The molecule has 1 aromatic heterocycles. The molecule has 0 aliphatic heterocycles. The maximum absolute atomic E-state index is 5.92. The van der Waals surface area contributed by atoms with E-state index in [0.717, 1.165) is 54.1 Å². The zero-order valence-corrected chi connectivity index (χ0v) is 25.2. The minimum absolute atomic E-state index is 0.426. The van der Waals surface area contributed by atoms with Crippen LogP contribution in [-0.2, 0) is 12.8 Å². The molecule has 0 saturated heterocycles. The topological polar surface area (TPSA) is 49.8 Å². The van der Waals surface area contributed by atoms with Crippen molar-refractivity contribution in [2.45, 2.75) is 31.6 Å². The van der Waals surface area contributed by atoms with Gasteiger partial charge in [0.05, 0.1) is 28.4 Å². The molecular weight excluding hydrogens is 534 g/mol. The van der Waals surface area contributed by atoms with Gasteiger partial charge in [-0.2, -0.15) is 0 Å². The molecule has 1 atom stereocenters. The van der Waals surface area contributed by atoms with Crippen LogP contribution in [0, 0.1) is 0 Å². The van der Waals surface area contributed by atoms with Gasteiger partial charge in [-0.1, -0.05) is 42.5 Å². The highest BCUT2D eigenvalue weighted by Crippen LogP contribution is 2.44. The van der Waals surface area contributed by atoms with Gasteiger partial charge >= 0.3 is 0 Å². The molecule has 6 aromatic rings. The van der Waals surface area contributed by atoms with E-state index in [1.165, 1.54) is 43.6 Å². The number of rotatable bonds is 6. The zero-order chi connectivity index (χ0) is 29.8. The van der Waals surface area contributed by atoms with Gasteiger partial charge in [0.15, 0.2) is 0 Å². The van der Waals surface area contributed by atoms with Gasteiger partial charge < -0.3 is 18.9 Å². The Labute approximate surface area is 253 Å². The summed E-state index contributed by atoms with van der Waals surface area (Å²) in [7, 11) is 6.91. The van der Waals surface area contributed by atoms with Crippen LogP contribution in [0.1, 0.15) is 35.4 Å². The van der Waals surface area contributed by atoms with E-state index in [1.807, 2.05) is 48.8 Å². The molecule has 1 unspecified atom stereocenters. The number of hydrogen-bond acceptors (Lipinski definition) is 5. The van der Waals surface area contributed by atoms with E-state index in [4.69, 9.17) is 18.9 Å². The molecule has 43 heavy (non-hydrogen) atoms. The van der Waals surface area contributed by atoms with Crippen molar-refractivity contribution in [2.75, 3.05) is 28.4 Å². The van der Waals surface area contributed by atoms with Crippen molar-refractivity contribution < 1.29 is 18.9 Å². The number of hydrogen-bond donors (Lipinski definition) is 0. The van der Waals surface area contributed by atoms with Crippen LogP contribution in [-0.4, -0.2) is 33.4 Å². The SMILES string of the molecule is COc1ccc(OC)c(CC2CCCc3c2ccc2c3c(OC)cc3cc(OC)ccc32)c1.c1ccc2cnccc2c1. The fourth-order valence-electron chi connectivity index (χ4n) is 6.46. The molecule has 218 valence electrons. The van der Waals surface area contributed by atoms with Crippen molar-refractivity contribution in [3.63, 3.8) is 0 Å². The number of fused-ring (bicyclic) bond motifs is 6. The van der Waals surface area contributed by atoms with Crippen molar-refractivity contribution in [2.24, 2.45) is 0 Å². The Bertz CT molecular complexity index is 1830. The summed E-state index contributed by atoms with van der Waals surface area (Å²) in [6, 6.07) is 29.3. The molecule has 5 aromatic carbocycles. The van der Waals surface area contributed by atoms with Crippen LogP contribution < -0.4 is 18.9 Å². The molecule has 0 saturated carbocycles. The first-order chi connectivity index (χ1) is 21.1. The smallest absolute Gasteiger partial charge is 0.127 e. The Kier molecular flexibility index (Phi) is 8.32. The molecule has 7 rings (SSSR count). The number of aryl methyl sites for hydroxylation is 1. The summed E-state index contributed by atoms with van der Waals surface area (Å²) in [5.74, 6) is 4.00. The largest absolute Gasteiger partial charge is 0.497 e. The normalized spacial score (nSPS) is 14.1. The number of methoxy groups -OCH3 is 4. The minimum atomic E-state index is 0.426. The van der Waals surface area contributed by atoms with Gasteiger partial charge in [-0.15, -0.1) is 0 Å². The van der Waals surface area contributed by atoms with Gasteiger partial charge in [-0.25, -0.2) is 0 Å². The van der Waals surface area contributed by atoms with Crippen molar-refractivity contribution in [1.29, 1.82) is 0 Å². The van der Waals surface area contributed by atoms with Crippen LogP contribution in [0.2, 0.25) is 0 Å². The fraction of sp³-hybridized carbons (Fsp3) is 0.237. The first kappa shape index (κ1) is 28.4. The minimum Gasteiger partial charge on any atom is -0.497 e. The van der Waals surface area contributed by atoms with Crippen LogP contribution >= 0.6 is 0 Å². The van der Waals surface area contributed by atoms with E-state index in [9.17, 15) is 0 Å². The van der Waals surface area contributed by atoms with Gasteiger partial charge in [0.2, 0.25) is 0 Å². The summed E-state index contributed by atoms with van der Waals surface area (Å²) < 4.78 is 22.5. The highest BCUT2D eigenvalue weighted by molar-refractivity contribution is 6.12. The van der Waals surface area contributed by atoms with Crippen molar-refractivity contribution in [3.8, 4) is 23.0 Å². The van der Waals surface area contributed by atoms with Crippen LogP contribution in [0.15, 0.2) is 97.3 Å². The Morgan fingerprint density at radius 2 is 1.42 bits per heavy atom. The Morgan fingerprint density at radius 1 is 0.674 bits per heavy atom. The van der Waals surface area contributed by atoms with Crippen molar-refractivity contribution in [3.05, 3.63) is 114 Å². The number of aromatic nitrogens is 1. The van der Waals surface area contributed by atoms with E-state index in [1.54, 1.807) is 28.4 Å². The lowest BCUT2D eigenvalue weighted by atomic mass is 9.77. The van der Waals surface area contributed by atoms with Gasteiger partial charge in [-0.3, -0.25) is 4.98 Å². The highest BCUT2D eigenvalue weighted by atomic mass is 16.5. The Hall–Kier alpha value is -4.77. The fourth-order valence-corrected chi connectivity index (χ4v) is 6.46. The average molecular weight is 572 g/mol. The molecule has 0 N–H and O–H groups in total. The monoisotopic (exact) mass is 571 g/mol. The van der Waals surface area contributed by atoms with Crippen molar-refractivity contribution >= 4 is 32.3 Å². The lowest BCUT2D eigenvalue weighted by molar-refractivity contribution is 0.396. The second-order valence-corrected chi connectivity index (χ2v) is 10.9. The van der Waals surface area contributed by atoms with E-state index in [-0.39, 0.29) is 0 Å². The lowest BCUT2D eigenvalue weighted by Gasteiger charge is -2.28. The van der Waals surface area contributed by atoms with E-state index >= 15 is 0 Å². The number of nitrogens with zero attached hydrogens (tertiary/aromatic N) is 1. The lowest BCUT2D eigenvalue weighted by Crippen LogP contribution is -2.13. The molecule has 5 heteroatoms. The summed E-state index contributed by atoms with van der Waals surface area (Å²) in [5.41, 5.74) is 4.03. The van der Waals surface area contributed by atoms with E-state index in [0.29, 0.717) is 5.92 Å². The first-order valence-corrected chi connectivity index (χ1v) is 14.7. The second-order valence-electron chi connectivity index (χ2n) is 10.9. The molecule has 5 nitrogen and oxygen atoms in total. The molecule has 1 aliphatic rings. The summed E-state index contributed by atoms with van der Waals surface area (Å²) in [4.78, 5) is 4.01. The zero-order valence-electron chi connectivity index (χ0n) is 25.2. The first-order valence-electron chi connectivity index (χ1n) is 14.7. The third-order valence-corrected chi connectivity index (χ3v) is 8.57. The molecule has 0 amide bonds.